The maximum atomic E-state index is 13.5. The third-order valence-corrected chi connectivity index (χ3v) is 6.20. The van der Waals surface area contributed by atoms with Crippen molar-refractivity contribution in [2.75, 3.05) is 11.9 Å². The summed E-state index contributed by atoms with van der Waals surface area (Å²) >= 11 is 0. The van der Waals surface area contributed by atoms with Crippen LogP contribution in [0.2, 0.25) is 0 Å². The van der Waals surface area contributed by atoms with Crippen molar-refractivity contribution in [2.45, 2.75) is 38.0 Å². The van der Waals surface area contributed by atoms with Gasteiger partial charge in [0.1, 0.15) is 11.5 Å². The van der Waals surface area contributed by atoms with Gasteiger partial charge in [0.15, 0.2) is 5.82 Å². The number of pyridine rings is 2. The van der Waals surface area contributed by atoms with Crippen molar-refractivity contribution in [3.63, 3.8) is 0 Å². The van der Waals surface area contributed by atoms with Crippen LogP contribution >= 0.6 is 0 Å². The van der Waals surface area contributed by atoms with Gasteiger partial charge in [-0.1, -0.05) is 0 Å². The lowest BCUT2D eigenvalue weighted by atomic mass is 10.0. The molecule has 0 aromatic carbocycles. The van der Waals surface area contributed by atoms with E-state index >= 15 is 0 Å². The predicted octanol–water partition coefficient (Wildman–Crippen LogP) is 3.98. The number of alkyl halides is 3. The molecule has 170 valence electrons. The topological polar surface area (TPSA) is 83.9 Å². The Labute approximate surface area is 188 Å². The molecule has 2 aliphatic rings. The predicted molar refractivity (Wildman–Crippen MR) is 114 cm³/mol. The molecule has 1 aliphatic heterocycles. The van der Waals surface area contributed by atoms with Crippen molar-refractivity contribution in [1.29, 1.82) is 0 Å². The van der Waals surface area contributed by atoms with E-state index in [1.54, 1.807) is 29.6 Å². The molecule has 1 N–H and O–H groups in total. The second-order valence-electron chi connectivity index (χ2n) is 8.52. The highest BCUT2D eigenvalue weighted by atomic mass is 19.4. The molecule has 10 heteroatoms. The number of carbonyl (C=O) groups is 1. The van der Waals surface area contributed by atoms with Crippen LogP contribution < -0.4 is 5.32 Å². The number of hydrogen-bond donors (Lipinski definition) is 1. The molecule has 0 radical (unpaired) electrons. The molecule has 7 nitrogen and oxygen atoms in total. The van der Waals surface area contributed by atoms with Gasteiger partial charge in [0.2, 0.25) is 0 Å². The monoisotopic (exact) mass is 454 g/mol. The fourth-order valence-corrected chi connectivity index (χ4v) is 4.74. The summed E-state index contributed by atoms with van der Waals surface area (Å²) in [6.45, 7) is 2.51. The third kappa shape index (κ3) is 4.12. The SMILES string of the molecule is Cc1cnc(C(=O)N2C[C@H]3CC(Nc4ccc(C(F)(F)F)cn4)C2C3)c(-c2ncccn2)c1. The zero-order valence-electron chi connectivity index (χ0n) is 17.8. The Morgan fingerprint density at radius 1 is 1.09 bits per heavy atom. The van der Waals surface area contributed by atoms with Crippen molar-refractivity contribution >= 4 is 11.7 Å². The molecule has 3 atom stereocenters. The Morgan fingerprint density at radius 2 is 1.88 bits per heavy atom. The summed E-state index contributed by atoms with van der Waals surface area (Å²) in [5.41, 5.74) is 0.979. The van der Waals surface area contributed by atoms with Crippen molar-refractivity contribution < 1.29 is 18.0 Å². The van der Waals surface area contributed by atoms with Gasteiger partial charge in [-0.2, -0.15) is 13.2 Å². The Kier molecular flexibility index (Phi) is 5.22. The lowest BCUT2D eigenvalue weighted by Crippen LogP contribution is -2.48. The number of aryl methyl sites for hydroxylation is 1. The van der Waals surface area contributed by atoms with Gasteiger partial charge in [-0.05, 0) is 55.5 Å². The molecule has 2 unspecified atom stereocenters. The number of nitrogens with one attached hydrogen (secondary N) is 1. The van der Waals surface area contributed by atoms with Crippen molar-refractivity contribution in [1.82, 2.24) is 24.8 Å². The van der Waals surface area contributed by atoms with Gasteiger partial charge in [-0.25, -0.2) is 15.0 Å². The Balaban J connectivity index is 1.37. The van der Waals surface area contributed by atoms with E-state index in [-0.39, 0.29) is 18.0 Å². The fourth-order valence-electron chi connectivity index (χ4n) is 4.74. The maximum Gasteiger partial charge on any atom is 0.417 e. The summed E-state index contributed by atoms with van der Waals surface area (Å²) < 4.78 is 38.4. The minimum absolute atomic E-state index is 0.0979. The summed E-state index contributed by atoms with van der Waals surface area (Å²) in [4.78, 5) is 32.2. The van der Waals surface area contributed by atoms with Crippen LogP contribution in [0.3, 0.4) is 0 Å². The van der Waals surface area contributed by atoms with E-state index in [9.17, 15) is 18.0 Å². The number of amides is 1. The van der Waals surface area contributed by atoms with Crippen molar-refractivity contribution in [3.05, 3.63) is 65.9 Å². The highest BCUT2D eigenvalue weighted by molar-refractivity contribution is 5.98. The van der Waals surface area contributed by atoms with Gasteiger partial charge in [0.25, 0.3) is 5.91 Å². The molecule has 1 aliphatic carbocycles. The van der Waals surface area contributed by atoms with Gasteiger partial charge in [0.05, 0.1) is 17.2 Å². The number of likely N-dealkylation sites (tertiary alicyclic amines) is 1. The maximum absolute atomic E-state index is 13.5. The zero-order valence-corrected chi connectivity index (χ0v) is 17.8. The summed E-state index contributed by atoms with van der Waals surface area (Å²) in [6.07, 6.45) is 2.93. The molecular weight excluding hydrogens is 433 g/mol. The van der Waals surface area contributed by atoms with Crippen molar-refractivity contribution in [2.24, 2.45) is 5.92 Å². The Hall–Kier alpha value is -3.56. The summed E-state index contributed by atoms with van der Waals surface area (Å²) in [6, 6.07) is 5.70. The first kappa shape index (κ1) is 21.3. The van der Waals surface area contributed by atoms with Gasteiger partial charge in [-0.3, -0.25) is 9.78 Å². The van der Waals surface area contributed by atoms with Crippen LogP contribution in [0.4, 0.5) is 19.0 Å². The summed E-state index contributed by atoms with van der Waals surface area (Å²) in [5, 5.41) is 3.23. The van der Waals surface area contributed by atoms with Crippen LogP contribution in [0.5, 0.6) is 0 Å². The van der Waals surface area contributed by atoms with Crippen molar-refractivity contribution in [3.8, 4) is 11.4 Å². The molecule has 5 rings (SSSR count). The quantitative estimate of drug-likeness (QED) is 0.642. The normalized spacial score (nSPS) is 21.9. The van der Waals surface area contributed by atoms with Crippen LogP contribution in [-0.2, 0) is 6.18 Å². The molecule has 2 fully saturated rings. The van der Waals surface area contributed by atoms with E-state index in [1.165, 1.54) is 6.07 Å². The van der Waals surface area contributed by atoms with Crippen LogP contribution in [-0.4, -0.2) is 49.4 Å². The molecule has 1 saturated heterocycles. The molecule has 33 heavy (non-hydrogen) atoms. The fraction of sp³-hybridized carbons (Fsp3) is 0.348. The van der Waals surface area contributed by atoms with Crippen LogP contribution in [0.15, 0.2) is 49.1 Å². The number of fused-ring (bicyclic) bond motifs is 2. The second kappa shape index (κ2) is 8.09. The van der Waals surface area contributed by atoms with E-state index in [2.05, 4.69) is 25.3 Å². The second-order valence-corrected chi connectivity index (χ2v) is 8.52. The van der Waals surface area contributed by atoms with E-state index < -0.39 is 11.7 Å². The largest absolute Gasteiger partial charge is 0.417 e. The first-order valence-corrected chi connectivity index (χ1v) is 10.6. The highest BCUT2D eigenvalue weighted by Gasteiger charge is 2.47. The third-order valence-electron chi connectivity index (χ3n) is 6.20. The smallest absolute Gasteiger partial charge is 0.365 e. The molecule has 3 aromatic rings. The molecule has 4 heterocycles. The van der Waals surface area contributed by atoms with Gasteiger partial charge in [-0.15, -0.1) is 0 Å². The molecule has 1 amide bonds. The average molecular weight is 454 g/mol. The molecule has 2 bridgehead atoms. The standard InChI is InChI=1S/C23H21F3N6O/c1-13-7-16(21-27-5-2-6-28-21)20(30-10-13)22(33)32-12-14-8-17(18(32)9-14)31-19-4-3-15(11-29-19)23(24,25)26/h2-7,10-11,14,17-18H,8-9,12H2,1H3,(H,29,31)/t14-,17?,18?/m0/s1. The van der Waals surface area contributed by atoms with Crippen LogP contribution in [0, 0.1) is 12.8 Å². The number of carbonyl (C=O) groups excluding carboxylic acids is 1. The minimum atomic E-state index is -4.43. The van der Waals surface area contributed by atoms with E-state index in [0.717, 1.165) is 30.7 Å². The minimum Gasteiger partial charge on any atom is -0.365 e. The van der Waals surface area contributed by atoms with E-state index in [0.29, 0.717) is 35.4 Å². The van der Waals surface area contributed by atoms with Crippen LogP contribution in [0.1, 0.15) is 34.5 Å². The molecule has 1 saturated carbocycles. The lowest BCUT2D eigenvalue weighted by Gasteiger charge is -2.34. The first-order chi connectivity index (χ1) is 15.8. The summed E-state index contributed by atoms with van der Waals surface area (Å²) in [7, 11) is 0. The van der Waals surface area contributed by atoms with Gasteiger partial charge >= 0.3 is 6.18 Å². The zero-order chi connectivity index (χ0) is 23.2. The number of hydrogen-bond acceptors (Lipinski definition) is 6. The Bertz CT molecular complexity index is 1170. The number of halogens is 3. The highest BCUT2D eigenvalue weighted by Crippen LogP contribution is 2.40. The van der Waals surface area contributed by atoms with Gasteiger partial charge in [0, 0.05) is 37.4 Å². The number of piperidine rings is 1. The van der Waals surface area contributed by atoms with E-state index in [1.807, 2.05) is 13.0 Å². The van der Waals surface area contributed by atoms with Crippen LogP contribution in [0.25, 0.3) is 11.4 Å². The first-order valence-electron chi connectivity index (χ1n) is 10.6. The molecular formula is C23H21F3N6O. The lowest BCUT2D eigenvalue weighted by molar-refractivity contribution is -0.137. The number of rotatable bonds is 4. The van der Waals surface area contributed by atoms with Gasteiger partial charge < -0.3 is 10.2 Å². The Morgan fingerprint density at radius 3 is 2.55 bits per heavy atom. The average Bonchev–Trinajstić information content (AvgIpc) is 3.40. The number of aromatic nitrogens is 4. The number of nitrogens with zero attached hydrogens (tertiary/aromatic N) is 5. The van der Waals surface area contributed by atoms with E-state index in [4.69, 9.17) is 0 Å². The summed E-state index contributed by atoms with van der Waals surface area (Å²) in [5.74, 6) is 0.912. The number of anilines is 1. The molecule has 0 spiro atoms. The molecule has 3 aromatic heterocycles.